The molecular formula is C13H15N3S. The summed E-state index contributed by atoms with van der Waals surface area (Å²) in [5.74, 6) is 2.71. The summed E-state index contributed by atoms with van der Waals surface area (Å²) in [4.78, 5) is 8.71. The van der Waals surface area contributed by atoms with Gasteiger partial charge < -0.3 is 5.32 Å². The summed E-state index contributed by atoms with van der Waals surface area (Å²) in [5.41, 5.74) is 0.976. The lowest BCUT2D eigenvalue weighted by Gasteiger charge is -2.04. The molecule has 2 rings (SSSR count). The molecule has 0 amide bonds. The fourth-order valence-corrected chi connectivity index (χ4v) is 2.04. The first-order valence-corrected chi connectivity index (χ1v) is 6.70. The molecule has 0 aliphatic carbocycles. The van der Waals surface area contributed by atoms with Crippen LogP contribution in [0.3, 0.4) is 0 Å². The smallest absolute Gasteiger partial charge is 0.223 e. The molecule has 0 radical (unpaired) electrons. The number of nitrogens with one attached hydrogen (secondary N) is 1. The first-order chi connectivity index (χ1) is 8.40. The van der Waals surface area contributed by atoms with Gasteiger partial charge in [-0.1, -0.05) is 24.3 Å². The van der Waals surface area contributed by atoms with E-state index < -0.39 is 0 Å². The van der Waals surface area contributed by atoms with Crippen LogP contribution in [-0.4, -0.2) is 28.0 Å². The molecule has 0 unspecified atom stereocenters. The number of benzene rings is 1. The van der Waals surface area contributed by atoms with Gasteiger partial charge in [-0.3, -0.25) is 0 Å². The Kier molecular flexibility index (Phi) is 4.38. The summed E-state index contributed by atoms with van der Waals surface area (Å²) in [7, 11) is 0. The summed E-state index contributed by atoms with van der Waals surface area (Å²) in [6, 6.07) is 7.98. The standard InChI is InChI=1S/C13H15N3S/c1-2-8-17-9-7-14-13-15-10-11-5-3-4-6-12(11)16-13/h2-6,10H,1,7-9H2,(H,14,15,16). The summed E-state index contributed by atoms with van der Waals surface area (Å²) < 4.78 is 0. The molecule has 88 valence electrons. The maximum atomic E-state index is 4.44. The number of aromatic nitrogens is 2. The van der Waals surface area contributed by atoms with Crippen LogP contribution in [0.4, 0.5) is 5.95 Å². The quantitative estimate of drug-likeness (QED) is 0.627. The van der Waals surface area contributed by atoms with Crippen LogP contribution in [0, 0.1) is 0 Å². The van der Waals surface area contributed by atoms with Crippen LogP contribution in [-0.2, 0) is 0 Å². The van der Waals surface area contributed by atoms with Gasteiger partial charge in [0.05, 0.1) is 5.52 Å². The van der Waals surface area contributed by atoms with E-state index in [9.17, 15) is 0 Å². The Morgan fingerprint density at radius 2 is 2.24 bits per heavy atom. The fourth-order valence-electron chi connectivity index (χ4n) is 1.46. The number of thioether (sulfide) groups is 1. The molecule has 1 heterocycles. The van der Waals surface area contributed by atoms with Gasteiger partial charge in [-0.15, -0.1) is 6.58 Å². The van der Waals surface area contributed by atoms with Gasteiger partial charge in [-0.05, 0) is 6.07 Å². The van der Waals surface area contributed by atoms with E-state index in [2.05, 4.69) is 21.9 Å². The minimum absolute atomic E-state index is 0.697. The Hall–Kier alpha value is -1.55. The van der Waals surface area contributed by atoms with Crippen molar-refractivity contribution in [2.45, 2.75) is 0 Å². The average Bonchev–Trinajstić information content (AvgIpc) is 2.38. The third kappa shape index (κ3) is 3.46. The second-order valence-corrected chi connectivity index (χ2v) is 4.69. The third-order valence-electron chi connectivity index (χ3n) is 2.25. The van der Waals surface area contributed by atoms with Crippen LogP contribution in [0.5, 0.6) is 0 Å². The summed E-state index contributed by atoms with van der Waals surface area (Å²) in [5, 5.41) is 4.29. The second kappa shape index (κ2) is 6.25. The largest absolute Gasteiger partial charge is 0.353 e. The van der Waals surface area contributed by atoms with Gasteiger partial charge >= 0.3 is 0 Å². The maximum Gasteiger partial charge on any atom is 0.223 e. The van der Waals surface area contributed by atoms with Crippen LogP contribution in [0.25, 0.3) is 10.9 Å². The number of para-hydroxylation sites is 1. The molecule has 0 fully saturated rings. The first kappa shape index (κ1) is 11.9. The lowest BCUT2D eigenvalue weighted by Crippen LogP contribution is -2.07. The number of rotatable bonds is 6. The van der Waals surface area contributed by atoms with Crippen LogP contribution in [0.2, 0.25) is 0 Å². The van der Waals surface area contributed by atoms with E-state index >= 15 is 0 Å². The number of anilines is 1. The fraction of sp³-hybridized carbons (Fsp3) is 0.231. The molecule has 3 nitrogen and oxygen atoms in total. The zero-order valence-corrected chi connectivity index (χ0v) is 10.4. The highest BCUT2D eigenvalue weighted by atomic mass is 32.2. The Balaban J connectivity index is 1.92. The van der Waals surface area contributed by atoms with Gasteiger partial charge in [0.25, 0.3) is 0 Å². The number of nitrogens with zero attached hydrogens (tertiary/aromatic N) is 2. The number of fused-ring (bicyclic) bond motifs is 1. The Labute approximate surface area is 105 Å². The van der Waals surface area contributed by atoms with Crippen LogP contribution >= 0.6 is 11.8 Å². The average molecular weight is 245 g/mol. The molecule has 0 saturated heterocycles. The molecule has 0 spiro atoms. The van der Waals surface area contributed by atoms with E-state index in [0.29, 0.717) is 5.95 Å². The molecule has 1 aromatic carbocycles. The van der Waals surface area contributed by atoms with Crippen molar-refractivity contribution in [2.75, 3.05) is 23.4 Å². The van der Waals surface area contributed by atoms with Crippen molar-refractivity contribution in [2.24, 2.45) is 0 Å². The summed E-state index contributed by atoms with van der Waals surface area (Å²) in [6.07, 6.45) is 3.76. The molecule has 2 aromatic rings. The van der Waals surface area contributed by atoms with E-state index in [1.807, 2.05) is 48.3 Å². The molecule has 0 saturated carbocycles. The zero-order chi connectivity index (χ0) is 11.9. The monoisotopic (exact) mass is 245 g/mol. The van der Waals surface area contributed by atoms with Crippen LogP contribution < -0.4 is 5.32 Å². The molecule has 0 aliphatic rings. The highest BCUT2D eigenvalue weighted by molar-refractivity contribution is 7.99. The lowest BCUT2D eigenvalue weighted by atomic mass is 10.2. The van der Waals surface area contributed by atoms with Crippen molar-refractivity contribution < 1.29 is 0 Å². The highest BCUT2D eigenvalue weighted by Crippen LogP contribution is 2.11. The van der Waals surface area contributed by atoms with Gasteiger partial charge in [0.15, 0.2) is 0 Å². The molecule has 0 aliphatic heterocycles. The predicted molar refractivity (Wildman–Crippen MR) is 75.5 cm³/mol. The van der Waals surface area contributed by atoms with E-state index in [-0.39, 0.29) is 0 Å². The minimum atomic E-state index is 0.697. The topological polar surface area (TPSA) is 37.8 Å². The predicted octanol–water partition coefficient (Wildman–Crippen LogP) is 2.96. The molecule has 17 heavy (non-hydrogen) atoms. The van der Waals surface area contributed by atoms with Crippen molar-refractivity contribution >= 4 is 28.6 Å². The molecule has 0 atom stereocenters. The third-order valence-corrected chi connectivity index (χ3v) is 3.22. The van der Waals surface area contributed by atoms with Crippen molar-refractivity contribution in [3.63, 3.8) is 0 Å². The first-order valence-electron chi connectivity index (χ1n) is 5.54. The highest BCUT2D eigenvalue weighted by Gasteiger charge is 1.97. The lowest BCUT2D eigenvalue weighted by molar-refractivity contribution is 1.12. The molecule has 0 bridgehead atoms. The van der Waals surface area contributed by atoms with E-state index in [4.69, 9.17) is 0 Å². The van der Waals surface area contributed by atoms with E-state index in [1.165, 1.54) is 0 Å². The van der Waals surface area contributed by atoms with Gasteiger partial charge in [0, 0.05) is 29.6 Å². The zero-order valence-electron chi connectivity index (χ0n) is 9.60. The summed E-state index contributed by atoms with van der Waals surface area (Å²) in [6.45, 7) is 4.56. The molecule has 4 heteroatoms. The van der Waals surface area contributed by atoms with Gasteiger partial charge in [0.1, 0.15) is 0 Å². The van der Waals surface area contributed by atoms with Crippen molar-refractivity contribution in [3.8, 4) is 0 Å². The maximum absolute atomic E-state index is 4.44. The van der Waals surface area contributed by atoms with Gasteiger partial charge in [-0.25, -0.2) is 9.97 Å². The molecule has 1 N–H and O–H groups in total. The minimum Gasteiger partial charge on any atom is -0.353 e. The number of hydrogen-bond acceptors (Lipinski definition) is 4. The molecule has 1 aromatic heterocycles. The van der Waals surface area contributed by atoms with Crippen LogP contribution in [0.1, 0.15) is 0 Å². The Morgan fingerprint density at radius 1 is 1.35 bits per heavy atom. The van der Waals surface area contributed by atoms with Crippen molar-refractivity contribution in [3.05, 3.63) is 43.1 Å². The van der Waals surface area contributed by atoms with E-state index in [1.54, 1.807) is 0 Å². The number of hydrogen-bond donors (Lipinski definition) is 1. The van der Waals surface area contributed by atoms with Gasteiger partial charge in [-0.2, -0.15) is 11.8 Å². The van der Waals surface area contributed by atoms with Gasteiger partial charge in [0.2, 0.25) is 5.95 Å². The Morgan fingerprint density at radius 3 is 3.12 bits per heavy atom. The van der Waals surface area contributed by atoms with E-state index in [0.717, 1.165) is 29.0 Å². The van der Waals surface area contributed by atoms with Crippen molar-refractivity contribution in [1.29, 1.82) is 0 Å². The van der Waals surface area contributed by atoms with Crippen molar-refractivity contribution in [1.82, 2.24) is 9.97 Å². The normalized spacial score (nSPS) is 10.4. The molecular weight excluding hydrogens is 230 g/mol. The SMILES string of the molecule is C=CCSCCNc1ncc2ccccc2n1. The Bertz CT molecular complexity index is 499. The van der Waals surface area contributed by atoms with Crippen LogP contribution in [0.15, 0.2) is 43.1 Å². The second-order valence-electron chi connectivity index (χ2n) is 3.54. The summed E-state index contributed by atoms with van der Waals surface area (Å²) >= 11 is 1.84.